The van der Waals surface area contributed by atoms with Crippen molar-refractivity contribution in [3.8, 4) is 0 Å². The number of piperazine rings is 1. The lowest BCUT2D eigenvalue weighted by Gasteiger charge is -2.51. The van der Waals surface area contributed by atoms with Gasteiger partial charge in [0.25, 0.3) is 0 Å². The van der Waals surface area contributed by atoms with Crippen LogP contribution in [0.2, 0.25) is 0 Å². The normalized spacial score (nSPS) is 23.1. The number of hydrogen-bond donors (Lipinski definition) is 1. The molecule has 2 nitrogen and oxygen atoms in total. The van der Waals surface area contributed by atoms with Crippen molar-refractivity contribution in [1.82, 2.24) is 5.32 Å². The molecule has 0 saturated carbocycles. The summed E-state index contributed by atoms with van der Waals surface area (Å²) in [7, 11) is 0. The van der Waals surface area contributed by atoms with Crippen LogP contribution in [0.5, 0.6) is 0 Å². The zero-order valence-electron chi connectivity index (χ0n) is 10.7. The Morgan fingerprint density at radius 2 is 1.69 bits per heavy atom. The highest BCUT2D eigenvalue weighted by Crippen LogP contribution is 2.29. The Kier molecular flexibility index (Phi) is 2.70. The first-order chi connectivity index (χ1) is 7.41. The maximum absolute atomic E-state index is 3.61. The molecule has 1 aromatic rings. The second-order valence-corrected chi connectivity index (χ2v) is 5.97. The second kappa shape index (κ2) is 3.77. The van der Waals surface area contributed by atoms with Crippen LogP contribution in [0.1, 0.15) is 27.7 Å². The summed E-state index contributed by atoms with van der Waals surface area (Å²) < 4.78 is 0. The number of anilines is 1. The van der Waals surface area contributed by atoms with Crippen molar-refractivity contribution in [2.75, 3.05) is 18.0 Å². The van der Waals surface area contributed by atoms with Crippen molar-refractivity contribution < 1.29 is 0 Å². The summed E-state index contributed by atoms with van der Waals surface area (Å²) >= 11 is 0. The highest BCUT2D eigenvalue weighted by Gasteiger charge is 2.37. The van der Waals surface area contributed by atoms with Crippen LogP contribution in [0, 0.1) is 0 Å². The molecule has 88 valence electrons. The van der Waals surface area contributed by atoms with Crippen molar-refractivity contribution in [3.05, 3.63) is 30.3 Å². The van der Waals surface area contributed by atoms with E-state index in [9.17, 15) is 0 Å². The Hall–Kier alpha value is -1.02. The number of rotatable bonds is 1. The van der Waals surface area contributed by atoms with E-state index in [-0.39, 0.29) is 11.1 Å². The van der Waals surface area contributed by atoms with E-state index >= 15 is 0 Å². The number of para-hydroxylation sites is 1. The molecule has 1 aromatic carbocycles. The maximum Gasteiger partial charge on any atom is 0.0471 e. The second-order valence-electron chi connectivity index (χ2n) is 5.97. The van der Waals surface area contributed by atoms with Crippen molar-refractivity contribution in [3.63, 3.8) is 0 Å². The largest absolute Gasteiger partial charge is 0.363 e. The molecule has 0 radical (unpaired) electrons. The Labute approximate surface area is 98.7 Å². The lowest BCUT2D eigenvalue weighted by molar-refractivity contribution is 0.261. The van der Waals surface area contributed by atoms with Crippen LogP contribution in [0.4, 0.5) is 5.69 Å². The molecule has 0 bridgehead atoms. The van der Waals surface area contributed by atoms with E-state index in [1.165, 1.54) is 5.69 Å². The number of nitrogens with zero attached hydrogens (tertiary/aromatic N) is 1. The fourth-order valence-corrected chi connectivity index (χ4v) is 2.26. The van der Waals surface area contributed by atoms with Gasteiger partial charge in [-0.1, -0.05) is 18.2 Å². The Balaban J connectivity index is 2.30. The zero-order valence-corrected chi connectivity index (χ0v) is 10.7. The fraction of sp³-hybridized carbons (Fsp3) is 0.571. The van der Waals surface area contributed by atoms with E-state index < -0.39 is 0 Å². The standard InChI is InChI=1S/C14H22N2/c1-13(2)11-16(14(3,4)10-15-13)12-8-6-5-7-9-12/h5-9,15H,10-11H2,1-4H3. The molecule has 1 N–H and O–H groups in total. The summed E-state index contributed by atoms with van der Waals surface area (Å²) in [5.74, 6) is 0. The smallest absolute Gasteiger partial charge is 0.0471 e. The van der Waals surface area contributed by atoms with E-state index in [4.69, 9.17) is 0 Å². The van der Waals surface area contributed by atoms with Crippen LogP contribution < -0.4 is 10.2 Å². The number of nitrogens with one attached hydrogen (secondary N) is 1. The van der Waals surface area contributed by atoms with Crippen molar-refractivity contribution >= 4 is 5.69 Å². The predicted octanol–water partition coefficient (Wildman–Crippen LogP) is 2.65. The maximum atomic E-state index is 3.61. The van der Waals surface area contributed by atoms with Gasteiger partial charge in [-0.05, 0) is 39.8 Å². The van der Waals surface area contributed by atoms with E-state index in [1.807, 2.05) is 0 Å². The molecule has 0 unspecified atom stereocenters. The molecule has 0 aromatic heterocycles. The van der Waals surface area contributed by atoms with Crippen LogP contribution in [0.15, 0.2) is 30.3 Å². The van der Waals surface area contributed by atoms with Gasteiger partial charge < -0.3 is 10.2 Å². The fourth-order valence-electron chi connectivity index (χ4n) is 2.26. The first kappa shape index (κ1) is 11.5. The summed E-state index contributed by atoms with van der Waals surface area (Å²) in [6.07, 6.45) is 0. The van der Waals surface area contributed by atoms with Gasteiger partial charge in [-0.15, -0.1) is 0 Å². The zero-order chi connectivity index (χ0) is 11.8. The third kappa shape index (κ3) is 2.22. The van der Waals surface area contributed by atoms with Gasteiger partial charge in [0.2, 0.25) is 0 Å². The van der Waals surface area contributed by atoms with Crippen molar-refractivity contribution in [1.29, 1.82) is 0 Å². The van der Waals surface area contributed by atoms with Gasteiger partial charge in [-0.2, -0.15) is 0 Å². The molecular formula is C14H22N2. The van der Waals surface area contributed by atoms with Crippen LogP contribution >= 0.6 is 0 Å². The molecule has 1 aliphatic rings. The first-order valence-electron chi connectivity index (χ1n) is 5.98. The molecular weight excluding hydrogens is 196 g/mol. The van der Waals surface area contributed by atoms with Crippen LogP contribution in [0.25, 0.3) is 0 Å². The predicted molar refractivity (Wildman–Crippen MR) is 69.9 cm³/mol. The minimum Gasteiger partial charge on any atom is -0.363 e. The highest BCUT2D eigenvalue weighted by atomic mass is 15.3. The van der Waals surface area contributed by atoms with Crippen LogP contribution in [-0.4, -0.2) is 24.2 Å². The number of benzene rings is 1. The summed E-state index contributed by atoms with van der Waals surface area (Å²) in [6, 6.07) is 10.7. The molecule has 0 atom stereocenters. The molecule has 2 rings (SSSR count). The van der Waals surface area contributed by atoms with E-state index in [1.54, 1.807) is 0 Å². The van der Waals surface area contributed by atoms with Gasteiger partial charge in [0, 0.05) is 29.9 Å². The molecule has 1 heterocycles. The Morgan fingerprint density at radius 1 is 1.06 bits per heavy atom. The lowest BCUT2D eigenvalue weighted by Crippen LogP contribution is -2.66. The summed E-state index contributed by atoms with van der Waals surface area (Å²) in [6.45, 7) is 11.2. The third-order valence-electron chi connectivity index (χ3n) is 3.35. The average molecular weight is 218 g/mol. The molecule has 1 saturated heterocycles. The van der Waals surface area contributed by atoms with Gasteiger partial charge in [0.05, 0.1) is 0 Å². The molecule has 1 aliphatic heterocycles. The average Bonchev–Trinajstić information content (AvgIpc) is 2.24. The number of hydrogen-bond acceptors (Lipinski definition) is 2. The lowest BCUT2D eigenvalue weighted by atomic mass is 9.91. The molecule has 0 aliphatic carbocycles. The summed E-state index contributed by atoms with van der Waals surface area (Å²) in [5, 5.41) is 3.61. The minimum atomic E-state index is 0.177. The molecule has 0 amide bonds. The van der Waals surface area contributed by atoms with Gasteiger partial charge >= 0.3 is 0 Å². The summed E-state index contributed by atoms with van der Waals surface area (Å²) in [4.78, 5) is 2.50. The first-order valence-corrected chi connectivity index (χ1v) is 5.98. The van der Waals surface area contributed by atoms with Crippen molar-refractivity contribution in [2.45, 2.75) is 38.8 Å². The minimum absolute atomic E-state index is 0.177. The Bertz CT molecular complexity index is 354. The van der Waals surface area contributed by atoms with E-state index in [0.717, 1.165) is 13.1 Å². The highest BCUT2D eigenvalue weighted by molar-refractivity contribution is 5.50. The molecule has 16 heavy (non-hydrogen) atoms. The topological polar surface area (TPSA) is 15.3 Å². The van der Waals surface area contributed by atoms with Crippen LogP contribution in [-0.2, 0) is 0 Å². The SMILES string of the molecule is CC1(C)CN(c2ccccc2)C(C)(C)CN1. The van der Waals surface area contributed by atoms with Gasteiger partial charge in [0.1, 0.15) is 0 Å². The van der Waals surface area contributed by atoms with E-state index in [0.29, 0.717) is 0 Å². The molecule has 0 spiro atoms. The molecule has 2 heteroatoms. The molecule has 1 fully saturated rings. The van der Waals surface area contributed by atoms with E-state index in [2.05, 4.69) is 68.2 Å². The van der Waals surface area contributed by atoms with Crippen molar-refractivity contribution in [2.24, 2.45) is 0 Å². The van der Waals surface area contributed by atoms with Gasteiger partial charge in [0.15, 0.2) is 0 Å². The monoisotopic (exact) mass is 218 g/mol. The Morgan fingerprint density at radius 3 is 2.31 bits per heavy atom. The summed E-state index contributed by atoms with van der Waals surface area (Å²) in [5.41, 5.74) is 1.68. The third-order valence-corrected chi connectivity index (χ3v) is 3.35. The van der Waals surface area contributed by atoms with Gasteiger partial charge in [-0.3, -0.25) is 0 Å². The van der Waals surface area contributed by atoms with Gasteiger partial charge in [-0.25, -0.2) is 0 Å². The van der Waals surface area contributed by atoms with Crippen LogP contribution in [0.3, 0.4) is 0 Å². The quantitative estimate of drug-likeness (QED) is 0.779.